The van der Waals surface area contributed by atoms with Gasteiger partial charge >= 0.3 is 0 Å². The lowest BCUT2D eigenvalue weighted by Gasteiger charge is -1.97. The molecule has 0 aromatic carbocycles. The number of rotatable bonds is 4. The molecule has 0 bridgehead atoms. The molecule has 0 fully saturated rings. The molecule has 1 rings (SSSR count). The van der Waals surface area contributed by atoms with Gasteiger partial charge in [0.05, 0.1) is 0 Å². The Bertz CT molecular complexity index is 305. The fraction of sp³-hybridized carbons (Fsp3) is 0.375. The Hall–Kier alpha value is -1.65. The molecule has 0 radical (unpaired) electrons. The molecule has 0 saturated heterocycles. The smallest absolute Gasteiger partial charge is 0.290 e. The van der Waals surface area contributed by atoms with Gasteiger partial charge in [0, 0.05) is 6.54 Å². The van der Waals surface area contributed by atoms with Crippen LogP contribution in [0.5, 0.6) is 0 Å². The molecule has 70 valence electrons. The highest BCUT2D eigenvalue weighted by atomic mass is 16.2. The summed E-state index contributed by atoms with van der Waals surface area (Å²) in [4.78, 5) is 15.1. The maximum Gasteiger partial charge on any atom is 0.290 e. The minimum absolute atomic E-state index is 0.182. The second kappa shape index (κ2) is 4.39. The Kier molecular flexibility index (Phi) is 3.19. The Morgan fingerprint density at radius 1 is 1.77 bits per heavy atom. The summed E-state index contributed by atoms with van der Waals surface area (Å²) in [5, 5.41) is 8.98. The minimum Gasteiger partial charge on any atom is -0.349 e. The topological polar surface area (TPSA) is 70.7 Å². The fourth-order valence-corrected chi connectivity index (χ4v) is 0.811. The minimum atomic E-state index is -0.258. The molecule has 5 heteroatoms. The van der Waals surface area contributed by atoms with Gasteiger partial charge in [0.1, 0.15) is 5.82 Å². The number of hydrogen-bond acceptors (Lipinski definition) is 3. The average molecular weight is 180 g/mol. The predicted octanol–water partition coefficient (Wildman–Crippen LogP) is 0.419. The number of H-pyrrole nitrogens is 1. The van der Waals surface area contributed by atoms with Gasteiger partial charge in [-0.3, -0.25) is 9.89 Å². The van der Waals surface area contributed by atoms with E-state index in [0.29, 0.717) is 12.4 Å². The van der Waals surface area contributed by atoms with E-state index in [9.17, 15) is 4.79 Å². The quantitative estimate of drug-likeness (QED) is 0.521. The Balaban J connectivity index is 2.44. The molecule has 0 unspecified atom stereocenters. The fourth-order valence-electron chi connectivity index (χ4n) is 0.811. The van der Waals surface area contributed by atoms with E-state index in [1.54, 1.807) is 13.0 Å². The van der Waals surface area contributed by atoms with Crippen molar-refractivity contribution >= 4 is 5.91 Å². The highest BCUT2D eigenvalue weighted by molar-refractivity contribution is 5.90. The molecule has 1 amide bonds. The number of nitrogens with zero attached hydrogens (tertiary/aromatic N) is 2. The van der Waals surface area contributed by atoms with E-state index in [4.69, 9.17) is 0 Å². The van der Waals surface area contributed by atoms with E-state index in [1.165, 1.54) is 0 Å². The van der Waals surface area contributed by atoms with Gasteiger partial charge in [0.15, 0.2) is 0 Å². The van der Waals surface area contributed by atoms with Crippen LogP contribution in [0.25, 0.3) is 0 Å². The summed E-state index contributed by atoms with van der Waals surface area (Å²) in [6, 6.07) is 0. The maximum atomic E-state index is 11.2. The van der Waals surface area contributed by atoms with E-state index in [1.807, 2.05) is 0 Å². The predicted molar refractivity (Wildman–Crippen MR) is 48.3 cm³/mol. The highest BCUT2D eigenvalue weighted by Gasteiger charge is 2.08. The second-order valence-corrected chi connectivity index (χ2v) is 2.58. The summed E-state index contributed by atoms with van der Waals surface area (Å²) >= 11 is 0. The van der Waals surface area contributed by atoms with Gasteiger partial charge in [-0.15, -0.1) is 11.7 Å². The number of aromatic amines is 1. The van der Waals surface area contributed by atoms with Crippen molar-refractivity contribution < 1.29 is 4.79 Å². The van der Waals surface area contributed by atoms with Crippen molar-refractivity contribution in [3.05, 3.63) is 24.3 Å². The lowest BCUT2D eigenvalue weighted by Crippen LogP contribution is -2.25. The third-order valence-electron chi connectivity index (χ3n) is 1.43. The second-order valence-electron chi connectivity index (χ2n) is 2.58. The van der Waals surface area contributed by atoms with Crippen LogP contribution in [0, 0.1) is 6.92 Å². The molecule has 0 atom stereocenters. The Labute approximate surface area is 76.3 Å². The molecule has 1 heterocycles. The number of carbonyl (C=O) groups is 1. The number of aromatic nitrogens is 3. The summed E-state index contributed by atoms with van der Waals surface area (Å²) < 4.78 is 0. The summed E-state index contributed by atoms with van der Waals surface area (Å²) in [7, 11) is 0. The van der Waals surface area contributed by atoms with Gasteiger partial charge in [-0.25, -0.2) is 4.98 Å². The van der Waals surface area contributed by atoms with Crippen LogP contribution in [0.3, 0.4) is 0 Å². The SMILES string of the molecule is C=CCCNC(=O)c1n[nH]c(C)n1. The van der Waals surface area contributed by atoms with Crippen LogP contribution in [0.2, 0.25) is 0 Å². The Morgan fingerprint density at radius 3 is 3.08 bits per heavy atom. The molecule has 2 N–H and O–H groups in total. The van der Waals surface area contributed by atoms with E-state index in [0.717, 1.165) is 6.42 Å². The zero-order chi connectivity index (χ0) is 9.68. The van der Waals surface area contributed by atoms with E-state index in [2.05, 4.69) is 27.1 Å². The van der Waals surface area contributed by atoms with E-state index in [-0.39, 0.29) is 11.7 Å². The number of nitrogens with one attached hydrogen (secondary N) is 2. The molecule has 0 aliphatic carbocycles. The average Bonchev–Trinajstić information content (AvgIpc) is 2.52. The summed E-state index contributed by atoms with van der Waals surface area (Å²) in [5.41, 5.74) is 0. The van der Waals surface area contributed by atoms with Crippen molar-refractivity contribution in [2.75, 3.05) is 6.54 Å². The van der Waals surface area contributed by atoms with Crippen molar-refractivity contribution in [1.82, 2.24) is 20.5 Å². The largest absolute Gasteiger partial charge is 0.349 e. The molecule has 0 aliphatic rings. The number of carbonyl (C=O) groups excluding carboxylic acids is 1. The van der Waals surface area contributed by atoms with Gasteiger partial charge in [0.2, 0.25) is 5.82 Å². The zero-order valence-electron chi connectivity index (χ0n) is 7.50. The van der Waals surface area contributed by atoms with Crippen LogP contribution < -0.4 is 5.32 Å². The maximum absolute atomic E-state index is 11.2. The number of amides is 1. The lowest BCUT2D eigenvalue weighted by molar-refractivity contribution is 0.0944. The zero-order valence-corrected chi connectivity index (χ0v) is 7.50. The van der Waals surface area contributed by atoms with Crippen LogP contribution in [-0.4, -0.2) is 27.6 Å². The van der Waals surface area contributed by atoms with E-state index >= 15 is 0 Å². The molecular weight excluding hydrogens is 168 g/mol. The van der Waals surface area contributed by atoms with Crippen LogP contribution in [-0.2, 0) is 0 Å². The normalized spacial score (nSPS) is 9.62. The molecule has 0 saturated carbocycles. The van der Waals surface area contributed by atoms with E-state index < -0.39 is 0 Å². The van der Waals surface area contributed by atoms with Gasteiger partial charge in [0.25, 0.3) is 5.91 Å². The van der Waals surface area contributed by atoms with Gasteiger partial charge in [-0.1, -0.05) is 6.08 Å². The molecule has 1 aromatic rings. The van der Waals surface area contributed by atoms with Gasteiger partial charge in [-0.05, 0) is 13.3 Å². The van der Waals surface area contributed by atoms with Crippen molar-refractivity contribution in [2.45, 2.75) is 13.3 Å². The number of aryl methyl sites for hydroxylation is 1. The summed E-state index contributed by atoms with van der Waals surface area (Å²) in [6.07, 6.45) is 2.48. The third kappa shape index (κ3) is 2.70. The van der Waals surface area contributed by atoms with Crippen LogP contribution in [0.1, 0.15) is 22.9 Å². The molecule has 5 nitrogen and oxygen atoms in total. The lowest BCUT2D eigenvalue weighted by atomic mass is 10.4. The highest BCUT2D eigenvalue weighted by Crippen LogP contribution is 1.90. The first-order chi connectivity index (χ1) is 6.24. The molecule has 0 aliphatic heterocycles. The van der Waals surface area contributed by atoms with Gasteiger partial charge < -0.3 is 5.32 Å². The van der Waals surface area contributed by atoms with Crippen LogP contribution in [0.15, 0.2) is 12.7 Å². The van der Waals surface area contributed by atoms with Crippen molar-refractivity contribution in [2.24, 2.45) is 0 Å². The molecule has 13 heavy (non-hydrogen) atoms. The number of hydrogen-bond donors (Lipinski definition) is 2. The standard InChI is InChI=1S/C8H12N4O/c1-3-4-5-9-8(13)7-10-6(2)11-12-7/h3H,1,4-5H2,2H3,(H,9,13)(H,10,11,12). The van der Waals surface area contributed by atoms with Crippen molar-refractivity contribution in [1.29, 1.82) is 0 Å². The first-order valence-electron chi connectivity index (χ1n) is 4.02. The van der Waals surface area contributed by atoms with Crippen LogP contribution >= 0.6 is 0 Å². The third-order valence-corrected chi connectivity index (χ3v) is 1.43. The van der Waals surface area contributed by atoms with Crippen LogP contribution in [0.4, 0.5) is 0 Å². The molecule has 0 spiro atoms. The first kappa shape index (κ1) is 9.44. The summed E-state index contributed by atoms with van der Waals surface area (Å²) in [5.74, 6) is 0.557. The molecule has 1 aromatic heterocycles. The van der Waals surface area contributed by atoms with Crippen molar-refractivity contribution in [3.8, 4) is 0 Å². The van der Waals surface area contributed by atoms with Gasteiger partial charge in [-0.2, -0.15) is 0 Å². The summed E-state index contributed by atoms with van der Waals surface area (Å²) in [6.45, 7) is 5.85. The van der Waals surface area contributed by atoms with Crippen molar-refractivity contribution in [3.63, 3.8) is 0 Å². The first-order valence-corrected chi connectivity index (χ1v) is 4.02. The monoisotopic (exact) mass is 180 g/mol. The Morgan fingerprint density at radius 2 is 2.54 bits per heavy atom. The molecular formula is C8H12N4O.